The van der Waals surface area contributed by atoms with Gasteiger partial charge in [-0.25, -0.2) is 14.4 Å². The molecule has 0 spiro atoms. The average Bonchev–Trinajstić information content (AvgIpc) is 3.03. The molecule has 0 saturated carbocycles. The van der Waals surface area contributed by atoms with Crippen molar-refractivity contribution in [1.82, 2.24) is 20.6 Å². The molecule has 25 heavy (non-hydrogen) atoms. The van der Waals surface area contributed by atoms with Gasteiger partial charge in [0.2, 0.25) is 0 Å². The number of nitriles is 1. The van der Waals surface area contributed by atoms with Crippen molar-refractivity contribution in [2.45, 2.75) is 32.5 Å². The highest BCUT2D eigenvalue weighted by atomic mass is 35.5. The molecule has 0 aliphatic carbocycles. The number of fused-ring (bicyclic) bond motifs is 1. The maximum absolute atomic E-state index is 14.4. The molecule has 0 bridgehead atoms. The first-order valence-corrected chi connectivity index (χ1v) is 8.42. The van der Waals surface area contributed by atoms with E-state index in [0.29, 0.717) is 17.4 Å². The predicted octanol–water partition coefficient (Wildman–Crippen LogP) is 2.62. The maximum Gasteiger partial charge on any atom is 0.184 e. The molecule has 2 atom stereocenters. The Kier molecular flexibility index (Phi) is 4.91. The summed E-state index contributed by atoms with van der Waals surface area (Å²) < 4.78 is 14.4. The first-order valence-electron chi connectivity index (χ1n) is 8.04. The van der Waals surface area contributed by atoms with Crippen LogP contribution in [0.3, 0.4) is 0 Å². The van der Waals surface area contributed by atoms with Crippen molar-refractivity contribution in [2.75, 3.05) is 11.4 Å². The van der Waals surface area contributed by atoms with Gasteiger partial charge in [0.05, 0.1) is 17.3 Å². The molecule has 0 amide bonds. The van der Waals surface area contributed by atoms with Gasteiger partial charge >= 0.3 is 0 Å². The third kappa shape index (κ3) is 3.30. The van der Waals surface area contributed by atoms with Crippen molar-refractivity contribution in [3.8, 4) is 6.07 Å². The molecule has 1 aromatic rings. The van der Waals surface area contributed by atoms with Crippen LogP contribution in [0.4, 0.5) is 10.2 Å². The van der Waals surface area contributed by atoms with E-state index in [-0.39, 0.29) is 12.0 Å². The van der Waals surface area contributed by atoms with Gasteiger partial charge in [0.25, 0.3) is 0 Å². The Morgan fingerprint density at radius 2 is 2.20 bits per heavy atom. The second kappa shape index (κ2) is 7.11. The van der Waals surface area contributed by atoms with E-state index in [1.54, 1.807) is 24.2 Å². The molecule has 8 heteroatoms. The zero-order chi connectivity index (χ0) is 18.0. The number of hydrogen-bond acceptors (Lipinski definition) is 6. The van der Waals surface area contributed by atoms with Crippen LogP contribution in [0.15, 0.2) is 35.3 Å². The zero-order valence-corrected chi connectivity index (χ0v) is 14.7. The first-order chi connectivity index (χ1) is 12.0. The standard InChI is InChI=1S/C17H18ClFN6/c1-3-4-25(10(2)6-20)17-14(19)9-23-16(24-17)13-8-22-15-12(13)5-11(18)7-21-15/h5,7-10,15,21-22H,3-4H2,1-2H3/t10-,15?/m0/s1. The van der Waals surface area contributed by atoms with Gasteiger partial charge < -0.3 is 15.5 Å². The largest absolute Gasteiger partial charge is 0.367 e. The number of allylic oxidation sites excluding steroid dienone is 2. The van der Waals surface area contributed by atoms with Crippen molar-refractivity contribution in [2.24, 2.45) is 0 Å². The average molecular weight is 361 g/mol. The fourth-order valence-electron chi connectivity index (χ4n) is 2.82. The Hall–Kier alpha value is -2.59. The SMILES string of the molecule is CCCN(c1nc(C2=CNC3NC=C(Cl)C=C23)ncc1F)[C@@H](C)C#N. The first kappa shape index (κ1) is 17.2. The van der Waals surface area contributed by atoms with E-state index in [2.05, 4.69) is 26.7 Å². The molecule has 2 N–H and O–H groups in total. The van der Waals surface area contributed by atoms with E-state index in [4.69, 9.17) is 11.6 Å². The quantitative estimate of drug-likeness (QED) is 0.840. The Morgan fingerprint density at radius 1 is 1.44 bits per heavy atom. The number of anilines is 1. The predicted molar refractivity (Wildman–Crippen MR) is 94.8 cm³/mol. The van der Waals surface area contributed by atoms with Crippen LogP contribution in [0.25, 0.3) is 5.57 Å². The summed E-state index contributed by atoms with van der Waals surface area (Å²) in [5.41, 5.74) is 1.63. The number of dihydropyridines is 1. The van der Waals surface area contributed by atoms with Crippen molar-refractivity contribution in [1.29, 1.82) is 5.26 Å². The van der Waals surface area contributed by atoms with E-state index >= 15 is 0 Å². The molecule has 0 radical (unpaired) electrons. The van der Waals surface area contributed by atoms with Crippen LogP contribution in [0.5, 0.6) is 0 Å². The van der Waals surface area contributed by atoms with Crippen molar-refractivity contribution < 1.29 is 4.39 Å². The lowest BCUT2D eigenvalue weighted by atomic mass is 10.0. The molecule has 0 saturated heterocycles. The van der Waals surface area contributed by atoms with Gasteiger partial charge in [0.15, 0.2) is 17.5 Å². The lowest BCUT2D eigenvalue weighted by Crippen LogP contribution is -2.36. The smallest absolute Gasteiger partial charge is 0.184 e. The fourth-order valence-corrected chi connectivity index (χ4v) is 3.00. The molecule has 3 heterocycles. The van der Waals surface area contributed by atoms with Gasteiger partial charge in [-0.3, -0.25) is 0 Å². The van der Waals surface area contributed by atoms with E-state index in [1.807, 2.05) is 13.0 Å². The molecule has 2 aliphatic heterocycles. The second-order valence-electron chi connectivity index (χ2n) is 5.82. The van der Waals surface area contributed by atoms with E-state index in [0.717, 1.165) is 23.8 Å². The number of nitrogens with zero attached hydrogens (tertiary/aromatic N) is 4. The van der Waals surface area contributed by atoms with E-state index in [9.17, 15) is 9.65 Å². The number of aromatic nitrogens is 2. The molecule has 6 nitrogen and oxygen atoms in total. The third-order valence-corrected chi connectivity index (χ3v) is 4.27. The molecule has 1 unspecified atom stereocenters. The molecule has 2 aliphatic rings. The lowest BCUT2D eigenvalue weighted by molar-refractivity contribution is 0.590. The second-order valence-corrected chi connectivity index (χ2v) is 6.25. The van der Waals surface area contributed by atoms with Crippen molar-refractivity contribution >= 4 is 23.0 Å². The Labute approximate surface area is 150 Å². The van der Waals surface area contributed by atoms with Crippen LogP contribution in [-0.2, 0) is 0 Å². The van der Waals surface area contributed by atoms with Crippen molar-refractivity contribution in [3.05, 3.63) is 46.9 Å². The highest BCUT2D eigenvalue weighted by Gasteiger charge is 2.28. The normalized spacial score (nSPS) is 19.5. The topological polar surface area (TPSA) is 76.9 Å². The van der Waals surface area contributed by atoms with E-state index in [1.165, 1.54) is 0 Å². The van der Waals surface area contributed by atoms with Gasteiger partial charge in [-0.1, -0.05) is 18.5 Å². The van der Waals surface area contributed by atoms with Gasteiger partial charge in [0, 0.05) is 30.1 Å². The number of hydrogen-bond donors (Lipinski definition) is 2. The Bertz CT molecular complexity index is 810. The lowest BCUT2D eigenvalue weighted by Gasteiger charge is -2.26. The minimum Gasteiger partial charge on any atom is -0.367 e. The maximum atomic E-state index is 14.4. The fraction of sp³-hybridized carbons (Fsp3) is 0.353. The van der Waals surface area contributed by atoms with Crippen LogP contribution in [0, 0.1) is 17.1 Å². The molecular formula is C17H18ClFN6. The van der Waals surface area contributed by atoms with E-state index < -0.39 is 11.9 Å². The summed E-state index contributed by atoms with van der Waals surface area (Å²) in [5, 5.41) is 16.1. The Balaban J connectivity index is 2.00. The highest BCUT2D eigenvalue weighted by molar-refractivity contribution is 6.31. The zero-order valence-electron chi connectivity index (χ0n) is 13.9. The number of halogens is 2. The molecule has 130 valence electrons. The summed E-state index contributed by atoms with van der Waals surface area (Å²) in [4.78, 5) is 10.2. The van der Waals surface area contributed by atoms with Crippen LogP contribution < -0.4 is 15.5 Å². The summed E-state index contributed by atoms with van der Waals surface area (Å²) in [6.07, 6.45) is 7.11. The molecule has 3 rings (SSSR count). The van der Waals surface area contributed by atoms with Gasteiger partial charge in [-0.15, -0.1) is 0 Å². The van der Waals surface area contributed by atoms with Gasteiger partial charge in [0.1, 0.15) is 12.2 Å². The summed E-state index contributed by atoms with van der Waals surface area (Å²) in [6.45, 7) is 4.22. The minimum absolute atomic E-state index is 0.112. The number of nitrogens with one attached hydrogen (secondary N) is 2. The van der Waals surface area contributed by atoms with Crippen molar-refractivity contribution in [3.63, 3.8) is 0 Å². The summed E-state index contributed by atoms with van der Waals surface area (Å²) >= 11 is 6.07. The van der Waals surface area contributed by atoms with Crippen LogP contribution in [0.2, 0.25) is 0 Å². The number of rotatable bonds is 5. The minimum atomic E-state index is -0.545. The van der Waals surface area contributed by atoms with Crippen LogP contribution in [0.1, 0.15) is 26.1 Å². The summed E-state index contributed by atoms with van der Waals surface area (Å²) in [5.74, 6) is -0.0237. The summed E-state index contributed by atoms with van der Waals surface area (Å²) in [7, 11) is 0. The Morgan fingerprint density at radius 3 is 2.92 bits per heavy atom. The third-order valence-electron chi connectivity index (χ3n) is 4.06. The van der Waals surface area contributed by atoms with Gasteiger partial charge in [-0.2, -0.15) is 5.26 Å². The monoisotopic (exact) mass is 360 g/mol. The summed E-state index contributed by atoms with van der Waals surface area (Å²) in [6, 6.07) is 1.65. The molecule has 0 fully saturated rings. The molecular weight excluding hydrogens is 343 g/mol. The van der Waals surface area contributed by atoms with Gasteiger partial charge in [-0.05, 0) is 19.4 Å². The molecule has 1 aromatic heterocycles. The molecule has 0 aromatic carbocycles. The van der Waals surface area contributed by atoms with Crippen LogP contribution in [-0.4, -0.2) is 28.7 Å². The highest BCUT2D eigenvalue weighted by Crippen LogP contribution is 2.31. The van der Waals surface area contributed by atoms with Crippen LogP contribution >= 0.6 is 11.6 Å².